The lowest BCUT2D eigenvalue weighted by atomic mass is 9.99. The lowest BCUT2D eigenvalue weighted by Gasteiger charge is -2.38. The van der Waals surface area contributed by atoms with Gasteiger partial charge in [0, 0.05) is 25.2 Å². The van der Waals surface area contributed by atoms with E-state index in [0.29, 0.717) is 6.42 Å². The Balaban J connectivity index is 2.07. The van der Waals surface area contributed by atoms with Crippen molar-refractivity contribution < 1.29 is 18.8 Å². The van der Waals surface area contributed by atoms with Gasteiger partial charge < -0.3 is 14.1 Å². The SMILES string of the molecule is CCOC(=O)C1=CN2C[C@H](O[Si](C)(C)C(C)(C)C)C[C@H]2CC1=O. The molecule has 2 aliphatic heterocycles. The smallest absolute Gasteiger partial charge is 0.343 e. The Morgan fingerprint density at radius 2 is 2.04 bits per heavy atom. The van der Waals surface area contributed by atoms with E-state index in [4.69, 9.17) is 9.16 Å². The Kier molecular flexibility index (Phi) is 5.06. The summed E-state index contributed by atoms with van der Waals surface area (Å²) in [6.45, 7) is 13.9. The summed E-state index contributed by atoms with van der Waals surface area (Å²) in [7, 11) is -1.83. The highest BCUT2D eigenvalue weighted by Gasteiger charge is 2.44. The van der Waals surface area contributed by atoms with Crippen LogP contribution in [0.1, 0.15) is 40.5 Å². The highest BCUT2D eigenvalue weighted by Crippen LogP contribution is 2.39. The molecule has 0 radical (unpaired) electrons. The summed E-state index contributed by atoms with van der Waals surface area (Å²) >= 11 is 0. The van der Waals surface area contributed by atoms with Crippen molar-refractivity contribution in [3.8, 4) is 0 Å². The van der Waals surface area contributed by atoms with Gasteiger partial charge in [-0.15, -0.1) is 0 Å². The molecule has 0 bridgehead atoms. The van der Waals surface area contributed by atoms with Crippen LogP contribution in [0.25, 0.3) is 0 Å². The van der Waals surface area contributed by atoms with Crippen LogP contribution in [-0.4, -0.2) is 50.3 Å². The molecule has 0 saturated carbocycles. The molecule has 0 aromatic carbocycles. The normalized spacial score (nSPS) is 25.2. The number of carbonyl (C=O) groups is 2. The van der Waals surface area contributed by atoms with Gasteiger partial charge in [-0.2, -0.15) is 0 Å². The Hall–Kier alpha value is -1.14. The van der Waals surface area contributed by atoms with Crippen LogP contribution in [0.2, 0.25) is 18.1 Å². The standard InChI is InChI=1S/C17H29NO4Si/c1-7-21-16(20)14-11-18-10-13(8-12(18)9-15(14)19)22-23(5,6)17(2,3)4/h11-13H,7-10H2,1-6H3/t12-,13+/m0/s1. The molecule has 0 unspecified atom stereocenters. The van der Waals surface area contributed by atoms with Gasteiger partial charge in [0.15, 0.2) is 14.1 Å². The number of carbonyl (C=O) groups excluding carboxylic acids is 2. The lowest BCUT2D eigenvalue weighted by molar-refractivity contribution is -0.140. The molecular weight excluding hydrogens is 310 g/mol. The lowest BCUT2D eigenvalue weighted by Crippen LogP contribution is -2.44. The fourth-order valence-electron chi connectivity index (χ4n) is 2.87. The predicted molar refractivity (Wildman–Crippen MR) is 91.5 cm³/mol. The summed E-state index contributed by atoms with van der Waals surface area (Å²) in [5.74, 6) is -0.623. The monoisotopic (exact) mass is 339 g/mol. The van der Waals surface area contributed by atoms with Crippen LogP contribution in [-0.2, 0) is 18.8 Å². The third-order valence-corrected chi connectivity index (χ3v) is 9.73. The number of Topliss-reactive ketones (excluding diaryl/α,β-unsaturated/α-hetero) is 1. The van der Waals surface area contributed by atoms with Crippen molar-refractivity contribution >= 4 is 20.1 Å². The molecule has 0 aliphatic carbocycles. The molecule has 0 N–H and O–H groups in total. The van der Waals surface area contributed by atoms with Crippen LogP contribution in [0, 0.1) is 0 Å². The molecule has 23 heavy (non-hydrogen) atoms. The molecule has 5 nitrogen and oxygen atoms in total. The van der Waals surface area contributed by atoms with Crippen LogP contribution in [0.15, 0.2) is 11.8 Å². The molecule has 2 aliphatic rings. The van der Waals surface area contributed by atoms with Gasteiger partial charge in [0.2, 0.25) is 0 Å². The van der Waals surface area contributed by atoms with Crippen molar-refractivity contribution in [1.82, 2.24) is 4.90 Å². The van der Waals surface area contributed by atoms with Crippen LogP contribution in [0.5, 0.6) is 0 Å². The van der Waals surface area contributed by atoms with Crippen LogP contribution < -0.4 is 0 Å². The van der Waals surface area contributed by atoms with Gasteiger partial charge in [-0.3, -0.25) is 4.79 Å². The summed E-state index contributed by atoms with van der Waals surface area (Å²) < 4.78 is 11.4. The number of hydrogen-bond acceptors (Lipinski definition) is 5. The van der Waals surface area contributed by atoms with Crippen molar-refractivity contribution in [2.24, 2.45) is 0 Å². The van der Waals surface area contributed by atoms with E-state index in [1.165, 1.54) is 0 Å². The van der Waals surface area contributed by atoms with E-state index in [1.54, 1.807) is 13.1 Å². The summed E-state index contributed by atoms with van der Waals surface area (Å²) in [5.41, 5.74) is 0.177. The molecule has 130 valence electrons. The third kappa shape index (κ3) is 3.86. The maximum Gasteiger partial charge on any atom is 0.343 e. The first kappa shape index (κ1) is 18.2. The zero-order chi connectivity index (χ0) is 17.4. The van der Waals surface area contributed by atoms with E-state index in [-0.39, 0.29) is 35.1 Å². The van der Waals surface area contributed by atoms with E-state index >= 15 is 0 Å². The van der Waals surface area contributed by atoms with Crippen LogP contribution >= 0.6 is 0 Å². The quantitative estimate of drug-likeness (QED) is 0.448. The maximum absolute atomic E-state index is 12.2. The van der Waals surface area contributed by atoms with E-state index in [0.717, 1.165) is 13.0 Å². The number of fused-ring (bicyclic) bond motifs is 1. The molecule has 0 aromatic rings. The van der Waals surface area contributed by atoms with Crippen molar-refractivity contribution in [2.45, 2.75) is 70.8 Å². The van der Waals surface area contributed by atoms with E-state index < -0.39 is 14.3 Å². The molecule has 1 saturated heterocycles. The first-order valence-corrected chi connectivity index (χ1v) is 11.3. The number of esters is 1. The Morgan fingerprint density at radius 1 is 1.39 bits per heavy atom. The van der Waals surface area contributed by atoms with Crippen molar-refractivity contribution in [3.63, 3.8) is 0 Å². The van der Waals surface area contributed by atoms with E-state index in [2.05, 4.69) is 38.8 Å². The molecule has 2 atom stereocenters. The second-order valence-electron chi connectivity index (χ2n) is 7.98. The average Bonchev–Trinajstić information content (AvgIpc) is 2.76. The molecule has 6 heteroatoms. The predicted octanol–water partition coefficient (Wildman–Crippen LogP) is 2.87. The maximum atomic E-state index is 12.2. The average molecular weight is 340 g/mol. The molecule has 1 fully saturated rings. The first-order chi connectivity index (χ1) is 10.5. The summed E-state index contributed by atoms with van der Waals surface area (Å²) in [4.78, 5) is 26.1. The van der Waals surface area contributed by atoms with Gasteiger partial charge in [0.05, 0.1) is 12.7 Å². The largest absolute Gasteiger partial charge is 0.462 e. The van der Waals surface area contributed by atoms with E-state index in [1.807, 2.05) is 0 Å². The molecular formula is C17H29NO4Si. The number of ether oxygens (including phenoxy) is 1. The van der Waals surface area contributed by atoms with Gasteiger partial charge in [0.1, 0.15) is 5.57 Å². The zero-order valence-corrected chi connectivity index (χ0v) is 16.1. The van der Waals surface area contributed by atoms with Gasteiger partial charge in [-0.1, -0.05) is 20.8 Å². The minimum Gasteiger partial charge on any atom is -0.462 e. The van der Waals surface area contributed by atoms with Gasteiger partial charge >= 0.3 is 5.97 Å². The number of ketones is 1. The molecule has 0 spiro atoms. The Bertz CT molecular complexity index is 521. The van der Waals surface area contributed by atoms with Crippen molar-refractivity contribution in [3.05, 3.63) is 11.8 Å². The zero-order valence-electron chi connectivity index (χ0n) is 15.1. The minimum absolute atomic E-state index is 0.113. The molecule has 0 aromatic heterocycles. The van der Waals surface area contributed by atoms with Crippen molar-refractivity contribution in [2.75, 3.05) is 13.2 Å². The van der Waals surface area contributed by atoms with Crippen molar-refractivity contribution in [1.29, 1.82) is 0 Å². The Morgan fingerprint density at radius 3 is 2.61 bits per heavy atom. The molecule has 2 rings (SSSR count). The minimum atomic E-state index is -1.83. The summed E-state index contributed by atoms with van der Waals surface area (Å²) in [6.07, 6.45) is 3.04. The molecule has 0 amide bonds. The highest BCUT2D eigenvalue weighted by atomic mass is 28.4. The van der Waals surface area contributed by atoms with Gasteiger partial charge in [0.25, 0.3) is 0 Å². The first-order valence-electron chi connectivity index (χ1n) is 8.41. The fraction of sp³-hybridized carbons (Fsp3) is 0.765. The Labute approximate surface area is 140 Å². The topological polar surface area (TPSA) is 55.8 Å². The third-order valence-electron chi connectivity index (χ3n) is 5.20. The van der Waals surface area contributed by atoms with Crippen LogP contribution in [0.4, 0.5) is 0 Å². The summed E-state index contributed by atoms with van der Waals surface area (Å²) in [6, 6.07) is 0.149. The van der Waals surface area contributed by atoms with Crippen LogP contribution in [0.3, 0.4) is 0 Å². The molecule has 2 heterocycles. The fourth-order valence-corrected chi connectivity index (χ4v) is 4.23. The second-order valence-corrected chi connectivity index (χ2v) is 12.7. The number of rotatable bonds is 4. The second kappa shape index (κ2) is 6.40. The number of nitrogens with zero attached hydrogens (tertiary/aromatic N) is 1. The van der Waals surface area contributed by atoms with Gasteiger partial charge in [-0.25, -0.2) is 4.79 Å². The number of hydrogen-bond donors (Lipinski definition) is 0. The van der Waals surface area contributed by atoms with Gasteiger partial charge in [-0.05, 0) is 31.5 Å². The summed E-state index contributed by atoms with van der Waals surface area (Å²) in [5, 5.41) is 0.165. The van der Waals surface area contributed by atoms with E-state index in [9.17, 15) is 9.59 Å². The highest BCUT2D eigenvalue weighted by molar-refractivity contribution is 6.74.